The number of rotatable bonds is 0. The van der Waals surface area contributed by atoms with Crippen LogP contribution in [0, 0.1) is 0 Å². The Bertz CT molecular complexity index is 417. The highest BCUT2D eigenvalue weighted by Gasteiger charge is 2.30. The van der Waals surface area contributed by atoms with Gasteiger partial charge in [0, 0.05) is 26.2 Å². The predicted octanol–water partition coefficient (Wildman–Crippen LogP) is 1.72. The summed E-state index contributed by atoms with van der Waals surface area (Å²) in [5.74, 6) is 0. The quantitative estimate of drug-likeness (QED) is 0.672. The molecule has 0 spiro atoms. The van der Waals surface area contributed by atoms with E-state index in [1.54, 1.807) is 9.58 Å². The van der Waals surface area contributed by atoms with E-state index in [2.05, 4.69) is 5.10 Å². The highest BCUT2D eigenvalue weighted by atomic mass is 16.6. The number of nitrogens with zero attached hydrogens (tertiary/aromatic N) is 3. The molecule has 1 amide bonds. The molecule has 1 aliphatic rings. The van der Waals surface area contributed by atoms with Crippen molar-refractivity contribution in [2.24, 2.45) is 7.05 Å². The van der Waals surface area contributed by atoms with Crippen molar-refractivity contribution < 1.29 is 9.53 Å². The second kappa shape index (κ2) is 3.50. The van der Waals surface area contributed by atoms with Crippen molar-refractivity contribution in [3.8, 4) is 0 Å². The molecule has 1 aromatic heterocycles. The normalized spacial score (nSPS) is 15.1. The smallest absolute Gasteiger partial charge is 0.414 e. The van der Waals surface area contributed by atoms with Crippen LogP contribution in [-0.2, 0) is 18.2 Å². The first-order valence-electron chi connectivity index (χ1n) is 5.40. The van der Waals surface area contributed by atoms with Crippen LogP contribution in [0.4, 0.5) is 10.5 Å². The van der Waals surface area contributed by atoms with Crippen LogP contribution in [0.5, 0.6) is 0 Å². The summed E-state index contributed by atoms with van der Waals surface area (Å²) in [6, 6.07) is 0. The molecule has 2 rings (SSSR count). The molecule has 1 aliphatic heterocycles. The van der Waals surface area contributed by atoms with Gasteiger partial charge in [-0.15, -0.1) is 0 Å². The summed E-state index contributed by atoms with van der Waals surface area (Å²) in [7, 11) is 1.85. The maximum atomic E-state index is 11.9. The molecule has 0 unspecified atom stereocenters. The van der Waals surface area contributed by atoms with Crippen molar-refractivity contribution in [3.63, 3.8) is 0 Å². The number of hydrogen-bond donors (Lipinski definition) is 0. The summed E-state index contributed by atoms with van der Waals surface area (Å²) in [6.07, 6.45) is 2.36. The van der Waals surface area contributed by atoms with Gasteiger partial charge in [-0.3, -0.25) is 9.58 Å². The fourth-order valence-corrected chi connectivity index (χ4v) is 1.77. The van der Waals surface area contributed by atoms with Crippen molar-refractivity contribution in [2.75, 3.05) is 11.4 Å². The average Bonchev–Trinajstić information content (AvgIpc) is 2.58. The number of aryl methyl sites for hydroxylation is 1. The van der Waals surface area contributed by atoms with Crippen molar-refractivity contribution >= 4 is 11.8 Å². The minimum atomic E-state index is -0.456. The lowest BCUT2D eigenvalue weighted by molar-refractivity contribution is 0.0584. The van der Waals surface area contributed by atoms with Crippen LogP contribution in [0.25, 0.3) is 0 Å². The van der Waals surface area contributed by atoms with Gasteiger partial charge in [-0.1, -0.05) is 0 Å². The average molecular weight is 223 g/mol. The number of amides is 1. The Morgan fingerprint density at radius 1 is 1.50 bits per heavy atom. The van der Waals surface area contributed by atoms with E-state index in [1.807, 2.05) is 34.0 Å². The van der Waals surface area contributed by atoms with Crippen molar-refractivity contribution in [2.45, 2.75) is 32.8 Å². The molecule has 0 saturated heterocycles. The zero-order valence-corrected chi connectivity index (χ0v) is 10.1. The zero-order chi connectivity index (χ0) is 11.9. The van der Waals surface area contributed by atoms with E-state index < -0.39 is 5.60 Å². The van der Waals surface area contributed by atoms with Gasteiger partial charge in [0.25, 0.3) is 0 Å². The van der Waals surface area contributed by atoms with Crippen LogP contribution in [-0.4, -0.2) is 28.0 Å². The van der Waals surface area contributed by atoms with Crippen LogP contribution >= 0.6 is 0 Å². The van der Waals surface area contributed by atoms with E-state index in [9.17, 15) is 4.79 Å². The fourth-order valence-electron chi connectivity index (χ4n) is 1.77. The van der Waals surface area contributed by atoms with E-state index in [1.165, 1.54) is 0 Å². The summed E-state index contributed by atoms with van der Waals surface area (Å²) in [4.78, 5) is 13.5. The number of fused-ring (bicyclic) bond motifs is 1. The van der Waals surface area contributed by atoms with Crippen LogP contribution in [0.1, 0.15) is 26.5 Å². The monoisotopic (exact) mass is 223 g/mol. The number of ether oxygens (including phenoxy) is 1. The first-order valence-corrected chi connectivity index (χ1v) is 5.40. The largest absolute Gasteiger partial charge is 0.443 e. The molecule has 0 bridgehead atoms. The second-order valence-corrected chi connectivity index (χ2v) is 5.02. The molecule has 0 fully saturated rings. The Labute approximate surface area is 95.0 Å². The molecule has 5 heteroatoms. The van der Waals surface area contributed by atoms with Gasteiger partial charge in [0.2, 0.25) is 0 Å². The Balaban J connectivity index is 2.15. The molecule has 2 heterocycles. The molecule has 0 aromatic carbocycles. The van der Waals surface area contributed by atoms with Gasteiger partial charge >= 0.3 is 6.09 Å². The van der Waals surface area contributed by atoms with Gasteiger partial charge in [0.05, 0.1) is 11.4 Å². The predicted molar refractivity (Wildman–Crippen MR) is 60.5 cm³/mol. The summed E-state index contributed by atoms with van der Waals surface area (Å²) in [5, 5.41) is 4.29. The van der Waals surface area contributed by atoms with E-state index in [4.69, 9.17) is 4.74 Å². The second-order valence-electron chi connectivity index (χ2n) is 5.02. The molecule has 0 N–H and O–H groups in total. The number of aromatic nitrogens is 2. The number of anilines is 1. The zero-order valence-electron chi connectivity index (χ0n) is 10.1. The van der Waals surface area contributed by atoms with E-state index in [-0.39, 0.29) is 6.09 Å². The first kappa shape index (κ1) is 11.0. The molecule has 0 saturated carbocycles. The molecular formula is C11H17N3O2. The number of carbonyl (C=O) groups is 1. The van der Waals surface area contributed by atoms with Crippen LogP contribution in [0.2, 0.25) is 0 Å². The van der Waals surface area contributed by atoms with Crippen molar-refractivity contribution in [1.29, 1.82) is 0 Å². The first-order chi connectivity index (χ1) is 7.37. The third kappa shape index (κ3) is 2.03. The maximum absolute atomic E-state index is 11.9. The van der Waals surface area contributed by atoms with Gasteiger partial charge in [-0.2, -0.15) is 5.10 Å². The SMILES string of the molecule is Cn1cc2c(n1)CCN2C(=O)OC(C)(C)C. The van der Waals surface area contributed by atoms with Gasteiger partial charge < -0.3 is 4.74 Å². The Hall–Kier alpha value is -1.52. The third-order valence-corrected chi connectivity index (χ3v) is 2.36. The summed E-state index contributed by atoms with van der Waals surface area (Å²) in [6.45, 7) is 6.26. The lowest BCUT2D eigenvalue weighted by Gasteiger charge is -2.24. The molecule has 1 aromatic rings. The summed E-state index contributed by atoms with van der Waals surface area (Å²) < 4.78 is 7.06. The fraction of sp³-hybridized carbons (Fsp3) is 0.636. The van der Waals surface area contributed by atoms with E-state index in [0.717, 1.165) is 17.8 Å². The van der Waals surface area contributed by atoms with Gasteiger partial charge in [0.15, 0.2) is 0 Å². The highest BCUT2D eigenvalue weighted by Crippen LogP contribution is 2.27. The minimum absolute atomic E-state index is 0.292. The minimum Gasteiger partial charge on any atom is -0.443 e. The van der Waals surface area contributed by atoms with E-state index >= 15 is 0 Å². The van der Waals surface area contributed by atoms with Crippen LogP contribution < -0.4 is 4.90 Å². The molecule has 5 nitrogen and oxygen atoms in total. The highest BCUT2D eigenvalue weighted by molar-refractivity contribution is 5.89. The molecule has 88 valence electrons. The number of carbonyl (C=O) groups excluding carboxylic acids is 1. The number of hydrogen-bond acceptors (Lipinski definition) is 3. The summed E-state index contributed by atoms with van der Waals surface area (Å²) >= 11 is 0. The standard InChI is InChI=1S/C11H17N3O2/c1-11(2,3)16-10(15)14-6-5-8-9(14)7-13(4)12-8/h7H,5-6H2,1-4H3. The van der Waals surface area contributed by atoms with Gasteiger partial charge in [0.1, 0.15) is 5.60 Å². The molecule has 0 atom stereocenters. The van der Waals surface area contributed by atoms with Crippen LogP contribution in [0.15, 0.2) is 6.20 Å². The lowest BCUT2D eigenvalue weighted by atomic mass is 10.2. The Morgan fingerprint density at radius 3 is 2.81 bits per heavy atom. The summed E-state index contributed by atoms with van der Waals surface area (Å²) in [5.41, 5.74) is 1.38. The van der Waals surface area contributed by atoms with E-state index in [0.29, 0.717) is 6.54 Å². The molecule has 0 radical (unpaired) electrons. The van der Waals surface area contributed by atoms with Gasteiger partial charge in [-0.05, 0) is 20.8 Å². The molecule has 16 heavy (non-hydrogen) atoms. The maximum Gasteiger partial charge on any atom is 0.414 e. The Kier molecular flexibility index (Phi) is 2.40. The van der Waals surface area contributed by atoms with Crippen molar-refractivity contribution in [1.82, 2.24) is 9.78 Å². The van der Waals surface area contributed by atoms with Crippen LogP contribution in [0.3, 0.4) is 0 Å². The molecule has 0 aliphatic carbocycles. The lowest BCUT2D eigenvalue weighted by Crippen LogP contribution is -2.35. The third-order valence-electron chi connectivity index (χ3n) is 2.36. The topological polar surface area (TPSA) is 47.4 Å². The molecular weight excluding hydrogens is 206 g/mol. The Morgan fingerprint density at radius 2 is 2.19 bits per heavy atom. The van der Waals surface area contributed by atoms with Crippen molar-refractivity contribution in [3.05, 3.63) is 11.9 Å². The van der Waals surface area contributed by atoms with Gasteiger partial charge in [-0.25, -0.2) is 4.79 Å².